The van der Waals surface area contributed by atoms with Crippen molar-refractivity contribution in [3.63, 3.8) is 0 Å². The average molecular weight is 258 g/mol. The molecule has 1 aromatic carbocycles. The topological polar surface area (TPSA) is 43.1 Å². The molecular formula is C13H17ClFNO. The van der Waals surface area contributed by atoms with Gasteiger partial charge in [0.25, 0.3) is 0 Å². The largest absolute Gasteiger partial charge is 0.321 e. The van der Waals surface area contributed by atoms with Crippen molar-refractivity contribution in [3.8, 4) is 0 Å². The molecule has 4 heteroatoms. The van der Waals surface area contributed by atoms with Crippen molar-refractivity contribution >= 4 is 17.4 Å². The van der Waals surface area contributed by atoms with E-state index in [4.69, 9.17) is 17.3 Å². The molecule has 2 nitrogen and oxygen atoms in total. The molecule has 1 rings (SSSR count). The van der Waals surface area contributed by atoms with Gasteiger partial charge in [-0.25, -0.2) is 4.39 Å². The summed E-state index contributed by atoms with van der Waals surface area (Å²) in [5.74, 6) is -0.244. The quantitative estimate of drug-likeness (QED) is 0.881. The lowest BCUT2D eigenvalue weighted by Crippen LogP contribution is -2.33. The number of hydrogen-bond donors (Lipinski definition) is 1. The van der Waals surface area contributed by atoms with Gasteiger partial charge < -0.3 is 5.73 Å². The molecule has 2 N–H and O–H groups in total. The summed E-state index contributed by atoms with van der Waals surface area (Å²) in [6.07, 6.45) is 0.644. The molecule has 94 valence electrons. The minimum atomic E-state index is -0.523. The van der Waals surface area contributed by atoms with Crippen LogP contribution < -0.4 is 5.73 Å². The second-order valence-corrected chi connectivity index (χ2v) is 5.05. The van der Waals surface area contributed by atoms with E-state index in [0.29, 0.717) is 22.9 Å². The Labute approximate surface area is 106 Å². The molecule has 17 heavy (non-hydrogen) atoms. The minimum Gasteiger partial charge on any atom is -0.321 e. The van der Waals surface area contributed by atoms with Crippen LogP contribution in [-0.4, -0.2) is 11.8 Å². The van der Waals surface area contributed by atoms with E-state index in [2.05, 4.69) is 0 Å². The summed E-state index contributed by atoms with van der Waals surface area (Å²) in [5.41, 5.74) is 6.09. The van der Waals surface area contributed by atoms with Crippen LogP contribution in [0.2, 0.25) is 5.02 Å². The molecule has 0 fully saturated rings. The number of carbonyl (C=O) groups excluding carboxylic acids is 1. The molecule has 0 aliphatic rings. The van der Waals surface area contributed by atoms with Crippen LogP contribution in [0.25, 0.3) is 0 Å². The summed E-state index contributed by atoms with van der Waals surface area (Å²) in [7, 11) is 0. The molecule has 0 amide bonds. The number of rotatable bonds is 5. The maximum Gasteiger partial charge on any atom is 0.153 e. The first-order valence-electron chi connectivity index (χ1n) is 5.62. The monoisotopic (exact) mass is 257 g/mol. The van der Waals surface area contributed by atoms with Gasteiger partial charge in [0.2, 0.25) is 0 Å². The van der Waals surface area contributed by atoms with Crippen molar-refractivity contribution in [2.75, 3.05) is 0 Å². The summed E-state index contributed by atoms with van der Waals surface area (Å²) >= 11 is 5.64. The van der Waals surface area contributed by atoms with Crippen molar-refractivity contribution in [2.45, 2.75) is 32.7 Å². The van der Waals surface area contributed by atoms with Gasteiger partial charge in [0, 0.05) is 11.4 Å². The number of ketones is 1. The first-order chi connectivity index (χ1) is 7.90. The molecule has 0 saturated heterocycles. The molecule has 0 aromatic heterocycles. The van der Waals surface area contributed by atoms with Crippen LogP contribution >= 0.6 is 11.6 Å². The number of nitrogens with two attached hydrogens (primary N) is 1. The highest BCUT2D eigenvalue weighted by atomic mass is 35.5. The van der Waals surface area contributed by atoms with E-state index in [-0.39, 0.29) is 12.2 Å². The lowest BCUT2D eigenvalue weighted by molar-refractivity contribution is -0.120. The third kappa shape index (κ3) is 4.44. The second-order valence-electron chi connectivity index (χ2n) is 4.61. The maximum absolute atomic E-state index is 13.5. The second kappa shape index (κ2) is 6.12. The number of carbonyl (C=O) groups is 1. The third-order valence-electron chi connectivity index (χ3n) is 2.52. The molecule has 0 radical (unpaired) electrons. The van der Waals surface area contributed by atoms with Crippen molar-refractivity contribution in [2.24, 2.45) is 11.7 Å². The third-order valence-corrected chi connectivity index (χ3v) is 2.75. The van der Waals surface area contributed by atoms with E-state index in [1.54, 1.807) is 6.07 Å². The number of benzene rings is 1. The van der Waals surface area contributed by atoms with E-state index in [9.17, 15) is 9.18 Å². The highest BCUT2D eigenvalue weighted by molar-refractivity contribution is 6.30. The molecular weight excluding hydrogens is 241 g/mol. The van der Waals surface area contributed by atoms with Crippen molar-refractivity contribution in [1.29, 1.82) is 0 Å². The Balaban J connectivity index is 2.67. The maximum atomic E-state index is 13.5. The number of hydrogen-bond acceptors (Lipinski definition) is 2. The van der Waals surface area contributed by atoms with Gasteiger partial charge >= 0.3 is 0 Å². The lowest BCUT2D eigenvalue weighted by Gasteiger charge is -2.13. The predicted molar refractivity (Wildman–Crippen MR) is 67.6 cm³/mol. The predicted octanol–water partition coefficient (Wildman–Crippen LogP) is 2.96. The normalized spacial score (nSPS) is 12.8. The number of halogens is 2. The van der Waals surface area contributed by atoms with Gasteiger partial charge in [-0.3, -0.25) is 4.79 Å². The molecule has 1 atom stereocenters. The zero-order chi connectivity index (χ0) is 13.0. The highest BCUT2D eigenvalue weighted by Crippen LogP contribution is 2.16. The molecule has 1 aromatic rings. The molecule has 0 saturated carbocycles. The summed E-state index contributed by atoms with van der Waals surface area (Å²) < 4.78 is 13.5. The smallest absolute Gasteiger partial charge is 0.153 e. The first-order valence-corrected chi connectivity index (χ1v) is 6.00. The van der Waals surface area contributed by atoms with Crippen LogP contribution in [0.1, 0.15) is 25.8 Å². The fourth-order valence-corrected chi connectivity index (χ4v) is 1.78. The van der Waals surface area contributed by atoms with Gasteiger partial charge in [0.1, 0.15) is 5.82 Å². The van der Waals surface area contributed by atoms with Crippen LogP contribution in [-0.2, 0) is 11.2 Å². The molecule has 1 unspecified atom stereocenters. The zero-order valence-electron chi connectivity index (χ0n) is 10.0. The zero-order valence-corrected chi connectivity index (χ0v) is 10.8. The van der Waals surface area contributed by atoms with Crippen LogP contribution in [0, 0.1) is 11.7 Å². The van der Waals surface area contributed by atoms with E-state index >= 15 is 0 Å². The minimum absolute atomic E-state index is 0.0247. The van der Waals surface area contributed by atoms with Gasteiger partial charge in [-0.05, 0) is 30.0 Å². The van der Waals surface area contributed by atoms with E-state index in [1.807, 2.05) is 13.8 Å². The van der Waals surface area contributed by atoms with Crippen LogP contribution in [0.4, 0.5) is 4.39 Å². The van der Waals surface area contributed by atoms with Crippen molar-refractivity contribution in [1.82, 2.24) is 0 Å². The van der Waals surface area contributed by atoms with Gasteiger partial charge in [-0.15, -0.1) is 0 Å². The number of Topliss-reactive ketones (excluding diaryl/α,β-unsaturated/α-hetero) is 1. The molecule has 0 spiro atoms. The van der Waals surface area contributed by atoms with Crippen molar-refractivity contribution < 1.29 is 9.18 Å². The Morgan fingerprint density at radius 3 is 2.65 bits per heavy atom. The Morgan fingerprint density at radius 1 is 1.47 bits per heavy atom. The summed E-state index contributed by atoms with van der Waals surface area (Å²) in [4.78, 5) is 11.8. The molecule has 0 bridgehead atoms. The van der Waals surface area contributed by atoms with Crippen molar-refractivity contribution in [3.05, 3.63) is 34.6 Å². The summed E-state index contributed by atoms with van der Waals surface area (Å²) in [6, 6.07) is 3.78. The van der Waals surface area contributed by atoms with Crippen LogP contribution in [0.15, 0.2) is 18.2 Å². The van der Waals surface area contributed by atoms with Gasteiger partial charge in [0.05, 0.1) is 6.04 Å². The molecule has 0 heterocycles. The summed E-state index contributed by atoms with van der Waals surface area (Å²) in [6.45, 7) is 3.99. The fraction of sp³-hybridized carbons (Fsp3) is 0.462. The van der Waals surface area contributed by atoms with Gasteiger partial charge in [0.15, 0.2) is 5.78 Å². The van der Waals surface area contributed by atoms with Crippen LogP contribution in [0.3, 0.4) is 0 Å². The average Bonchev–Trinajstić information content (AvgIpc) is 2.21. The Morgan fingerprint density at radius 2 is 2.12 bits per heavy atom. The fourth-order valence-electron chi connectivity index (χ4n) is 1.62. The SMILES string of the molecule is CC(C)CC(N)C(=O)Cc1ccc(Cl)cc1F. The van der Waals surface area contributed by atoms with E-state index < -0.39 is 11.9 Å². The highest BCUT2D eigenvalue weighted by Gasteiger charge is 2.17. The first kappa shape index (κ1) is 14.1. The Kier molecular flexibility index (Phi) is 5.09. The lowest BCUT2D eigenvalue weighted by atomic mass is 9.97. The van der Waals surface area contributed by atoms with Gasteiger partial charge in [-0.2, -0.15) is 0 Å². The van der Waals surface area contributed by atoms with Crippen LogP contribution in [0.5, 0.6) is 0 Å². The molecule has 0 aliphatic heterocycles. The standard InChI is InChI=1S/C13H17ClFNO/c1-8(2)5-12(16)13(17)6-9-3-4-10(14)7-11(9)15/h3-4,7-8,12H,5-6,16H2,1-2H3. The van der Waals surface area contributed by atoms with E-state index in [0.717, 1.165) is 0 Å². The summed E-state index contributed by atoms with van der Waals surface area (Å²) in [5, 5.41) is 0.324. The van der Waals surface area contributed by atoms with Gasteiger partial charge in [-0.1, -0.05) is 31.5 Å². The Bertz CT molecular complexity index is 406. The molecule has 0 aliphatic carbocycles. The van der Waals surface area contributed by atoms with E-state index in [1.165, 1.54) is 12.1 Å². The Hall–Kier alpha value is -0.930.